The molecule has 2 aromatic heterocycles. The van der Waals surface area contributed by atoms with Crippen LogP contribution in [0.2, 0.25) is 0 Å². The molecule has 3 aromatic rings. The lowest BCUT2D eigenvalue weighted by Gasteiger charge is -2.34. The van der Waals surface area contributed by atoms with Gasteiger partial charge in [0.05, 0.1) is 31.0 Å². The molecule has 0 unspecified atom stereocenters. The lowest BCUT2D eigenvalue weighted by Crippen LogP contribution is -2.43. The first-order chi connectivity index (χ1) is 20.7. The van der Waals surface area contributed by atoms with E-state index in [4.69, 9.17) is 14.2 Å². The number of methoxy groups -OCH3 is 2. The summed E-state index contributed by atoms with van der Waals surface area (Å²) < 4.78 is 73.3. The van der Waals surface area contributed by atoms with Crippen molar-refractivity contribution in [3.63, 3.8) is 0 Å². The number of aromatic nitrogens is 3. The molecule has 1 aromatic carbocycles. The van der Waals surface area contributed by atoms with E-state index in [0.717, 1.165) is 31.2 Å². The van der Waals surface area contributed by atoms with Crippen molar-refractivity contribution in [3.8, 4) is 34.6 Å². The summed E-state index contributed by atoms with van der Waals surface area (Å²) >= 11 is 0. The van der Waals surface area contributed by atoms with Gasteiger partial charge in [0.15, 0.2) is 11.6 Å². The molecular formula is C30H32F4N4O6. The second-order valence-electron chi connectivity index (χ2n) is 10.8. The summed E-state index contributed by atoms with van der Waals surface area (Å²) in [6.07, 6.45) is 0.102. The number of aromatic carboxylic acids is 1. The number of hydrogen-bond acceptors (Lipinski definition) is 8. The van der Waals surface area contributed by atoms with Gasteiger partial charge in [0.1, 0.15) is 5.56 Å². The van der Waals surface area contributed by atoms with Gasteiger partial charge in [-0.2, -0.15) is 18.2 Å². The van der Waals surface area contributed by atoms with Crippen LogP contribution in [-0.2, 0) is 11.0 Å². The first kappa shape index (κ1) is 32.4. The van der Waals surface area contributed by atoms with Gasteiger partial charge in [0.2, 0.25) is 17.7 Å². The van der Waals surface area contributed by atoms with Crippen LogP contribution in [0.15, 0.2) is 30.6 Å². The second kappa shape index (κ2) is 13.0. The molecule has 0 atom stereocenters. The molecule has 0 bridgehead atoms. The maximum Gasteiger partial charge on any atom is 0.421 e. The van der Waals surface area contributed by atoms with Crippen LogP contribution in [0.3, 0.4) is 0 Å². The number of alkyl halides is 3. The van der Waals surface area contributed by atoms with Gasteiger partial charge >= 0.3 is 18.2 Å². The molecule has 1 fully saturated rings. The van der Waals surface area contributed by atoms with E-state index >= 15 is 4.39 Å². The number of amides is 1. The Morgan fingerprint density at radius 2 is 1.68 bits per heavy atom. The molecule has 0 radical (unpaired) electrons. The highest BCUT2D eigenvalue weighted by Gasteiger charge is 2.37. The van der Waals surface area contributed by atoms with Crippen LogP contribution in [0.4, 0.5) is 23.2 Å². The fraction of sp³-hybridized carbons (Fsp3) is 0.433. The van der Waals surface area contributed by atoms with Crippen LogP contribution >= 0.6 is 0 Å². The number of carboxylic acid groups (broad SMARTS) is 1. The molecule has 1 aliphatic rings. The highest BCUT2D eigenvalue weighted by Crippen LogP contribution is 2.42. The third-order valence-electron chi connectivity index (χ3n) is 7.44. The van der Waals surface area contributed by atoms with E-state index < -0.39 is 46.8 Å². The molecule has 236 valence electrons. The second-order valence-corrected chi connectivity index (χ2v) is 10.8. The number of anilines is 1. The summed E-state index contributed by atoms with van der Waals surface area (Å²) in [4.78, 5) is 38.7. The van der Waals surface area contributed by atoms with Gasteiger partial charge in [0.25, 0.3) is 0 Å². The van der Waals surface area contributed by atoms with E-state index in [1.807, 2.05) is 0 Å². The molecule has 0 saturated heterocycles. The molecule has 1 amide bonds. The number of ether oxygens (including phenoxy) is 3. The highest BCUT2D eigenvalue weighted by molar-refractivity contribution is 6.03. The Morgan fingerprint density at radius 1 is 1.00 bits per heavy atom. The number of nitrogens with zero attached hydrogens (tertiary/aromatic N) is 4. The number of rotatable bonds is 9. The Morgan fingerprint density at radius 3 is 2.25 bits per heavy atom. The summed E-state index contributed by atoms with van der Waals surface area (Å²) in [7, 11) is 2.57. The van der Waals surface area contributed by atoms with Crippen molar-refractivity contribution in [2.24, 2.45) is 11.8 Å². The molecule has 1 aliphatic carbocycles. The lowest BCUT2D eigenvalue weighted by atomic mass is 9.82. The maximum absolute atomic E-state index is 15.5. The zero-order chi connectivity index (χ0) is 32.3. The van der Waals surface area contributed by atoms with Gasteiger partial charge in [-0.25, -0.2) is 19.2 Å². The van der Waals surface area contributed by atoms with Crippen LogP contribution < -0.4 is 19.1 Å². The maximum atomic E-state index is 15.5. The monoisotopic (exact) mass is 620 g/mol. The quantitative estimate of drug-likeness (QED) is 0.258. The SMILES string of the molecule is COc1ncc(-c2cnc(Oc3cc(C(=O)O)c(N(C(=O)C4CCC(C)CC4)C(C)C)cc3F)c(C(F)(F)F)c2)c(OC)n1. The van der Waals surface area contributed by atoms with Gasteiger partial charge < -0.3 is 24.2 Å². The first-order valence-electron chi connectivity index (χ1n) is 13.9. The van der Waals surface area contributed by atoms with E-state index in [1.54, 1.807) is 13.8 Å². The van der Waals surface area contributed by atoms with E-state index in [-0.39, 0.29) is 40.5 Å². The van der Waals surface area contributed by atoms with E-state index in [2.05, 4.69) is 21.9 Å². The zero-order valence-electron chi connectivity index (χ0n) is 24.7. The Kier molecular flexibility index (Phi) is 9.59. The van der Waals surface area contributed by atoms with Gasteiger partial charge in [-0.15, -0.1) is 0 Å². The summed E-state index contributed by atoms with van der Waals surface area (Å²) in [5.74, 6) is -4.85. The minimum Gasteiger partial charge on any atom is -0.480 e. The number of carbonyl (C=O) groups is 2. The minimum absolute atomic E-state index is 0.0624. The number of benzene rings is 1. The molecule has 0 spiro atoms. The molecule has 1 saturated carbocycles. The topological polar surface area (TPSA) is 124 Å². The average Bonchev–Trinajstić information content (AvgIpc) is 2.97. The van der Waals surface area contributed by atoms with Crippen molar-refractivity contribution in [2.45, 2.75) is 58.7 Å². The van der Waals surface area contributed by atoms with Crippen LogP contribution in [0, 0.1) is 17.7 Å². The van der Waals surface area contributed by atoms with Crippen molar-refractivity contribution in [1.82, 2.24) is 15.0 Å². The summed E-state index contributed by atoms with van der Waals surface area (Å²) in [6, 6.07) is 1.65. The van der Waals surface area contributed by atoms with Crippen molar-refractivity contribution in [1.29, 1.82) is 0 Å². The minimum atomic E-state index is -5.01. The molecule has 44 heavy (non-hydrogen) atoms. The van der Waals surface area contributed by atoms with Gasteiger partial charge in [-0.1, -0.05) is 6.92 Å². The largest absolute Gasteiger partial charge is 0.480 e. The molecule has 4 rings (SSSR count). The van der Waals surface area contributed by atoms with Crippen molar-refractivity contribution < 1.29 is 46.5 Å². The third-order valence-corrected chi connectivity index (χ3v) is 7.44. The van der Waals surface area contributed by atoms with Crippen LogP contribution in [0.5, 0.6) is 23.5 Å². The predicted octanol–water partition coefficient (Wildman–Crippen LogP) is 6.77. The van der Waals surface area contributed by atoms with Crippen molar-refractivity contribution >= 4 is 17.6 Å². The summed E-state index contributed by atoms with van der Waals surface area (Å²) in [6.45, 7) is 5.43. The number of hydrogen-bond donors (Lipinski definition) is 1. The van der Waals surface area contributed by atoms with Crippen molar-refractivity contribution in [3.05, 3.63) is 47.5 Å². The third kappa shape index (κ3) is 6.84. The highest BCUT2D eigenvalue weighted by atomic mass is 19.4. The smallest absolute Gasteiger partial charge is 0.421 e. The first-order valence-corrected chi connectivity index (χ1v) is 13.9. The zero-order valence-corrected chi connectivity index (χ0v) is 24.7. The van der Waals surface area contributed by atoms with Crippen LogP contribution in [-0.4, -0.2) is 52.2 Å². The summed E-state index contributed by atoms with van der Waals surface area (Å²) in [5, 5.41) is 9.99. The molecule has 10 nitrogen and oxygen atoms in total. The number of pyridine rings is 1. The molecule has 1 N–H and O–H groups in total. The lowest BCUT2D eigenvalue weighted by molar-refractivity contribution is -0.138. The van der Waals surface area contributed by atoms with E-state index in [0.29, 0.717) is 24.8 Å². The standard InChI is InChI=1S/C30H32F4N4O6/c1-15(2)38(27(39)17-8-6-16(3)7-9-17)23-12-22(31)24(11-19(23)28(40)41)44-26-21(30(32,33)34)10-18(13-35-26)20-14-36-29(43-5)37-25(20)42-4/h10-17H,6-9H2,1-5H3,(H,40,41). The number of carboxylic acids is 1. The van der Waals surface area contributed by atoms with Gasteiger partial charge in [-0.3, -0.25) is 4.79 Å². The Hall–Kier alpha value is -4.49. The Bertz CT molecular complexity index is 1540. The molecule has 14 heteroatoms. The molecule has 0 aliphatic heterocycles. The van der Waals surface area contributed by atoms with Crippen LogP contribution in [0.1, 0.15) is 62.4 Å². The fourth-order valence-electron chi connectivity index (χ4n) is 5.14. The van der Waals surface area contributed by atoms with Gasteiger partial charge in [-0.05, 0) is 51.5 Å². The van der Waals surface area contributed by atoms with Crippen molar-refractivity contribution in [2.75, 3.05) is 19.1 Å². The average molecular weight is 621 g/mol. The van der Waals surface area contributed by atoms with Gasteiger partial charge in [0, 0.05) is 42.0 Å². The fourth-order valence-corrected chi connectivity index (χ4v) is 5.14. The van der Waals surface area contributed by atoms with E-state index in [1.165, 1.54) is 25.3 Å². The Balaban J connectivity index is 1.75. The van der Waals surface area contributed by atoms with E-state index in [9.17, 15) is 27.9 Å². The molecular weight excluding hydrogens is 588 g/mol. The normalized spacial score (nSPS) is 16.9. The number of carbonyl (C=O) groups excluding carboxylic acids is 1. The van der Waals surface area contributed by atoms with Crippen LogP contribution in [0.25, 0.3) is 11.1 Å². The number of halogens is 4. The summed E-state index contributed by atoms with van der Waals surface area (Å²) in [5.41, 5.74) is -2.13. The predicted molar refractivity (Wildman–Crippen MR) is 151 cm³/mol. The molecule has 2 heterocycles. The Labute approximate surface area is 251 Å².